The zero-order chi connectivity index (χ0) is 21.9. The first kappa shape index (κ1) is 22.2. The topological polar surface area (TPSA) is 66.9 Å². The summed E-state index contributed by atoms with van der Waals surface area (Å²) in [7, 11) is -0.868. The summed E-state index contributed by atoms with van der Waals surface area (Å²) in [5.74, 6) is 0.377. The van der Waals surface area contributed by atoms with E-state index >= 15 is 0 Å². The number of para-hydroxylation sites is 2. The Bertz CT molecular complexity index is 1020. The number of hydrogen-bond donors (Lipinski definition) is 0. The highest BCUT2D eigenvalue weighted by molar-refractivity contribution is 7.92. The lowest BCUT2D eigenvalue weighted by molar-refractivity contribution is 0.0607. The fraction of sp³-hybridized carbons (Fsp3) is 0.435. The van der Waals surface area contributed by atoms with Crippen LogP contribution in [0.15, 0.2) is 47.4 Å². The van der Waals surface area contributed by atoms with E-state index in [1.807, 2.05) is 11.8 Å². The van der Waals surface area contributed by atoms with Crippen LogP contribution < -0.4 is 9.04 Å². The number of ether oxygens (including phenoxy) is 1. The molecule has 6 nitrogen and oxygen atoms in total. The van der Waals surface area contributed by atoms with Gasteiger partial charge in [-0.2, -0.15) is 0 Å². The Balaban J connectivity index is 1.98. The summed E-state index contributed by atoms with van der Waals surface area (Å²) in [6.07, 6.45) is 4.00. The molecule has 1 fully saturated rings. The number of carbonyl (C=O) groups is 1. The highest BCUT2D eigenvalue weighted by atomic mass is 32.2. The third-order valence-corrected chi connectivity index (χ3v) is 7.65. The molecule has 30 heavy (non-hydrogen) atoms. The van der Waals surface area contributed by atoms with Gasteiger partial charge in [0.25, 0.3) is 15.9 Å². The van der Waals surface area contributed by atoms with Crippen molar-refractivity contribution in [2.24, 2.45) is 0 Å². The minimum atomic E-state index is -3.86. The highest BCUT2D eigenvalue weighted by Crippen LogP contribution is 2.32. The molecule has 1 aliphatic rings. The second-order valence-corrected chi connectivity index (χ2v) is 9.65. The molecule has 162 valence electrons. The van der Waals surface area contributed by atoms with E-state index in [-0.39, 0.29) is 16.8 Å². The van der Waals surface area contributed by atoms with E-state index in [9.17, 15) is 13.2 Å². The van der Waals surface area contributed by atoms with Crippen molar-refractivity contribution >= 4 is 21.6 Å². The first-order valence-electron chi connectivity index (χ1n) is 10.3. The van der Waals surface area contributed by atoms with Gasteiger partial charge in [-0.3, -0.25) is 9.10 Å². The summed E-state index contributed by atoms with van der Waals surface area (Å²) >= 11 is 0. The fourth-order valence-corrected chi connectivity index (χ4v) is 5.25. The van der Waals surface area contributed by atoms with Gasteiger partial charge in [-0.25, -0.2) is 8.42 Å². The van der Waals surface area contributed by atoms with Gasteiger partial charge < -0.3 is 9.64 Å². The zero-order valence-corrected chi connectivity index (χ0v) is 18.9. The molecule has 1 heterocycles. The molecule has 0 N–H and O–H groups in total. The Morgan fingerprint density at radius 2 is 1.93 bits per heavy atom. The van der Waals surface area contributed by atoms with Crippen LogP contribution in [-0.4, -0.2) is 46.0 Å². The molecule has 0 aliphatic carbocycles. The monoisotopic (exact) mass is 430 g/mol. The van der Waals surface area contributed by atoms with Gasteiger partial charge in [0.2, 0.25) is 0 Å². The molecular formula is C23H30N2O4S. The van der Waals surface area contributed by atoms with E-state index < -0.39 is 10.0 Å². The number of benzene rings is 2. The van der Waals surface area contributed by atoms with Gasteiger partial charge in [0, 0.05) is 25.2 Å². The average molecular weight is 431 g/mol. The van der Waals surface area contributed by atoms with Crippen LogP contribution in [0, 0.1) is 6.92 Å². The van der Waals surface area contributed by atoms with Crippen LogP contribution >= 0.6 is 0 Å². The van der Waals surface area contributed by atoms with E-state index in [1.165, 1.54) is 24.5 Å². The van der Waals surface area contributed by atoms with E-state index in [0.29, 0.717) is 17.0 Å². The van der Waals surface area contributed by atoms with Crippen molar-refractivity contribution < 1.29 is 17.9 Å². The lowest BCUT2D eigenvalue weighted by atomic mass is 9.98. The van der Waals surface area contributed by atoms with Crippen LogP contribution in [0.1, 0.15) is 48.5 Å². The molecule has 1 saturated heterocycles. The molecule has 0 aromatic heterocycles. The van der Waals surface area contributed by atoms with Gasteiger partial charge in [0.1, 0.15) is 5.75 Å². The van der Waals surface area contributed by atoms with E-state index in [0.717, 1.165) is 37.8 Å². The molecule has 0 saturated carbocycles. The Kier molecular flexibility index (Phi) is 6.71. The van der Waals surface area contributed by atoms with E-state index in [1.54, 1.807) is 36.4 Å². The number of methoxy groups -OCH3 is 1. The van der Waals surface area contributed by atoms with Crippen LogP contribution in [-0.2, 0) is 10.0 Å². The van der Waals surface area contributed by atoms with Gasteiger partial charge >= 0.3 is 0 Å². The quantitative estimate of drug-likeness (QED) is 0.688. The number of carbonyl (C=O) groups excluding carboxylic acids is 1. The van der Waals surface area contributed by atoms with E-state index in [2.05, 4.69) is 6.92 Å². The maximum absolute atomic E-state index is 13.3. The van der Waals surface area contributed by atoms with Crippen molar-refractivity contribution in [3.8, 4) is 5.75 Å². The summed E-state index contributed by atoms with van der Waals surface area (Å²) in [4.78, 5) is 15.3. The predicted octanol–water partition coefficient (Wildman–Crippen LogP) is 4.23. The predicted molar refractivity (Wildman–Crippen MR) is 119 cm³/mol. The lowest BCUT2D eigenvalue weighted by Gasteiger charge is -2.35. The summed E-state index contributed by atoms with van der Waals surface area (Å²) in [6.45, 7) is 4.65. The summed E-state index contributed by atoms with van der Waals surface area (Å²) in [5.41, 5.74) is 1.67. The molecular weight excluding hydrogens is 400 g/mol. The smallest absolute Gasteiger partial charge is 0.264 e. The maximum atomic E-state index is 13.3. The van der Waals surface area contributed by atoms with Gasteiger partial charge in [-0.1, -0.05) is 25.1 Å². The minimum absolute atomic E-state index is 0.0870. The number of aryl methyl sites for hydroxylation is 1. The van der Waals surface area contributed by atoms with E-state index in [4.69, 9.17) is 4.74 Å². The van der Waals surface area contributed by atoms with Crippen molar-refractivity contribution in [2.45, 2.75) is 50.5 Å². The second kappa shape index (κ2) is 9.08. The number of amides is 1. The van der Waals surface area contributed by atoms with Crippen molar-refractivity contribution in [3.05, 3.63) is 53.6 Å². The Hall–Kier alpha value is -2.54. The van der Waals surface area contributed by atoms with Gasteiger partial charge in [0.05, 0.1) is 17.7 Å². The minimum Gasteiger partial charge on any atom is -0.495 e. The van der Waals surface area contributed by atoms with Crippen molar-refractivity contribution in [1.29, 1.82) is 0 Å². The molecule has 1 unspecified atom stereocenters. The first-order chi connectivity index (χ1) is 14.3. The van der Waals surface area contributed by atoms with Crippen molar-refractivity contribution in [1.82, 2.24) is 4.90 Å². The molecule has 3 rings (SSSR count). The number of anilines is 1. The van der Waals surface area contributed by atoms with Crippen LogP contribution in [0.4, 0.5) is 5.69 Å². The number of rotatable bonds is 6. The second-order valence-electron chi connectivity index (χ2n) is 7.68. The number of hydrogen-bond acceptors (Lipinski definition) is 4. The molecule has 2 aromatic carbocycles. The van der Waals surface area contributed by atoms with Crippen molar-refractivity contribution in [2.75, 3.05) is 25.0 Å². The average Bonchev–Trinajstić information content (AvgIpc) is 2.78. The summed E-state index contributed by atoms with van der Waals surface area (Å²) in [6, 6.07) is 11.9. The van der Waals surface area contributed by atoms with Crippen LogP contribution in [0.2, 0.25) is 0 Å². The molecule has 1 amide bonds. The van der Waals surface area contributed by atoms with Gasteiger partial charge in [-0.05, 0) is 62.4 Å². The van der Waals surface area contributed by atoms with Crippen LogP contribution in [0.5, 0.6) is 5.75 Å². The van der Waals surface area contributed by atoms with Crippen molar-refractivity contribution in [3.63, 3.8) is 0 Å². The number of nitrogens with zero attached hydrogens (tertiary/aromatic N) is 2. The van der Waals surface area contributed by atoms with Crippen LogP contribution in [0.3, 0.4) is 0 Å². The summed E-state index contributed by atoms with van der Waals surface area (Å²) in [5, 5.41) is 0. The largest absolute Gasteiger partial charge is 0.495 e. The number of likely N-dealkylation sites (tertiary alicyclic amines) is 1. The van der Waals surface area contributed by atoms with Gasteiger partial charge in [0.15, 0.2) is 0 Å². The Morgan fingerprint density at radius 3 is 2.63 bits per heavy atom. The third kappa shape index (κ3) is 4.17. The highest BCUT2D eigenvalue weighted by Gasteiger charge is 2.29. The summed E-state index contributed by atoms with van der Waals surface area (Å²) < 4.78 is 33.2. The molecule has 1 atom stereocenters. The van der Waals surface area contributed by atoms with Gasteiger partial charge in [-0.15, -0.1) is 0 Å². The maximum Gasteiger partial charge on any atom is 0.264 e. The zero-order valence-electron chi connectivity index (χ0n) is 18.1. The molecule has 7 heteroatoms. The SMILES string of the molecule is CCC1CCCCN1C(=O)c1cc(S(=O)(=O)N(C)c2ccccc2OC)ccc1C. The molecule has 0 bridgehead atoms. The normalized spacial score (nSPS) is 16.9. The van der Waals surface area contributed by atoms with Crippen LogP contribution in [0.25, 0.3) is 0 Å². The molecule has 1 aliphatic heterocycles. The lowest BCUT2D eigenvalue weighted by Crippen LogP contribution is -2.43. The molecule has 0 spiro atoms. The third-order valence-electron chi connectivity index (χ3n) is 5.88. The molecule has 0 radical (unpaired) electrons. The Morgan fingerprint density at radius 1 is 1.20 bits per heavy atom. The Labute approximate surface area is 179 Å². The fourth-order valence-electron chi connectivity index (χ4n) is 4.02. The standard InChI is InChI=1S/C23H30N2O4S/c1-5-18-10-8-9-15-25(18)23(26)20-16-19(14-13-17(20)2)30(27,28)24(3)21-11-6-7-12-22(21)29-4/h6-7,11-14,16,18H,5,8-10,15H2,1-4H3. The number of piperidine rings is 1. The first-order valence-corrected chi connectivity index (χ1v) is 11.8. The number of sulfonamides is 1. The molecule has 2 aromatic rings.